The Labute approximate surface area is 178 Å². The van der Waals surface area contributed by atoms with E-state index >= 15 is 0 Å². The van der Waals surface area contributed by atoms with Crippen LogP contribution in [-0.2, 0) is 6.42 Å². The molecule has 0 spiro atoms. The molecular weight excluding hydrogens is 421 g/mol. The van der Waals surface area contributed by atoms with E-state index in [1.165, 1.54) is 24.8 Å². The van der Waals surface area contributed by atoms with Gasteiger partial charge < -0.3 is 10.3 Å². The second kappa shape index (κ2) is 7.80. The summed E-state index contributed by atoms with van der Waals surface area (Å²) in [4.78, 5) is 28.5. The molecule has 0 fully saturated rings. The monoisotopic (exact) mass is 436 g/mol. The summed E-state index contributed by atoms with van der Waals surface area (Å²) in [5.41, 5.74) is 1.76. The predicted octanol–water partition coefficient (Wildman–Crippen LogP) is 3.70. The van der Waals surface area contributed by atoms with E-state index in [-0.39, 0.29) is 11.1 Å². The Kier molecular flexibility index (Phi) is 4.81. The molecule has 160 valence electrons. The van der Waals surface area contributed by atoms with Crippen LogP contribution in [0.2, 0.25) is 0 Å². The molecule has 7 nitrogen and oxygen atoms in total. The van der Waals surface area contributed by atoms with Crippen molar-refractivity contribution in [1.82, 2.24) is 24.3 Å². The van der Waals surface area contributed by atoms with Gasteiger partial charge in [0.2, 0.25) is 0 Å². The second-order valence-electron chi connectivity index (χ2n) is 7.15. The maximum absolute atomic E-state index is 13.9. The summed E-state index contributed by atoms with van der Waals surface area (Å²) >= 11 is 0. The maximum atomic E-state index is 13.9. The van der Waals surface area contributed by atoms with Crippen LogP contribution in [0.1, 0.15) is 5.56 Å². The number of hydrogen-bond acceptors (Lipinski definition) is 5. The molecule has 0 saturated carbocycles. The number of aromatic amines is 1. The number of H-pyrrole nitrogens is 1. The molecule has 2 N–H and O–H groups in total. The molecule has 0 radical (unpaired) electrons. The smallest absolute Gasteiger partial charge is 0.263 e. The van der Waals surface area contributed by atoms with E-state index < -0.39 is 23.0 Å². The van der Waals surface area contributed by atoms with Gasteiger partial charge in [-0.2, -0.15) is 0 Å². The van der Waals surface area contributed by atoms with Crippen LogP contribution in [0.3, 0.4) is 0 Å². The van der Waals surface area contributed by atoms with E-state index in [2.05, 4.69) is 25.3 Å². The van der Waals surface area contributed by atoms with Gasteiger partial charge in [0.25, 0.3) is 5.56 Å². The first kappa shape index (κ1) is 19.7. The standard InChI is InChI=1S/C22H15F3N6O/c23-14-1-2-17-7-12(3-4-26-20-19-21(28-10-27-19)30-11-29-20)18(22(32)31(17)9-14)13-5-15(24)8-16(25)6-13/h1-2,5-11H,3-4H2,(H2,26,27,28,29,30). The lowest BCUT2D eigenvalue weighted by molar-refractivity contribution is 0.584. The van der Waals surface area contributed by atoms with E-state index in [1.54, 1.807) is 6.07 Å². The van der Waals surface area contributed by atoms with Gasteiger partial charge in [0.15, 0.2) is 11.5 Å². The van der Waals surface area contributed by atoms with Crippen molar-refractivity contribution in [2.24, 2.45) is 0 Å². The molecule has 0 unspecified atom stereocenters. The molecule has 4 aromatic heterocycles. The van der Waals surface area contributed by atoms with Crippen LogP contribution >= 0.6 is 0 Å². The predicted molar refractivity (Wildman–Crippen MR) is 113 cm³/mol. The van der Waals surface area contributed by atoms with Crippen LogP contribution in [0.25, 0.3) is 27.8 Å². The van der Waals surface area contributed by atoms with E-state index in [1.807, 2.05) is 0 Å². The van der Waals surface area contributed by atoms with E-state index in [4.69, 9.17) is 0 Å². The normalized spacial score (nSPS) is 11.3. The summed E-state index contributed by atoms with van der Waals surface area (Å²) in [6, 6.07) is 7.31. The highest BCUT2D eigenvalue weighted by molar-refractivity contribution is 5.82. The molecule has 0 saturated heterocycles. The number of imidazole rings is 1. The fourth-order valence-electron chi connectivity index (χ4n) is 3.70. The van der Waals surface area contributed by atoms with Gasteiger partial charge in [-0.15, -0.1) is 0 Å². The minimum atomic E-state index is -0.810. The van der Waals surface area contributed by atoms with Crippen molar-refractivity contribution in [2.75, 3.05) is 11.9 Å². The molecule has 10 heteroatoms. The lowest BCUT2D eigenvalue weighted by Crippen LogP contribution is -2.20. The van der Waals surface area contributed by atoms with Gasteiger partial charge in [0.05, 0.1) is 11.9 Å². The Morgan fingerprint density at radius 1 is 0.969 bits per heavy atom. The largest absolute Gasteiger partial charge is 0.368 e. The van der Waals surface area contributed by atoms with Crippen molar-refractivity contribution in [1.29, 1.82) is 0 Å². The van der Waals surface area contributed by atoms with Gasteiger partial charge >= 0.3 is 0 Å². The van der Waals surface area contributed by atoms with Crippen LogP contribution in [0.4, 0.5) is 19.0 Å². The highest BCUT2D eigenvalue weighted by atomic mass is 19.1. The number of benzene rings is 1. The lowest BCUT2D eigenvalue weighted by Gasteiger charge is -2.13. The van der Waals surface area contributed by atoms with Gasteiger partial charge in [-0.1, -0.05) is 0 Å². The van der Waals surface area contributed by atoms with Gasteiger partial charge in [-0.05, 0) is 47.9 Å². The zero-order valence-corrected chi connectivity index (χ0v) is 16.4. The highest BCUT2D eigenvalue weighted by Crippen LogP contribution is 2.25. The summed E-state index contributed by atoms with van der Waals surface area (Å²) in [6.07, 6.45) is 4.27. The van der Waals surface area contributed by atoms with Crippen molar-refractivity contribution in [3.63, 3.8) is 0 Å². The zero-order chi connectivity index (χ0) is 22.2. The van der Waals surface area contributed by atoms with Crippen LogP contribution < -0.4 is 10.9 Å². The van der Waals surface area contributed by atoms with Crippen LogP contribution in [-0.4, -0.2) is 30.9 Å². The van der Waals surface area contributed by atoms with Crippen LogP contribution in [0.5, 0.6) is 0 Å². The van der Waals surface area contributed by atoms with Crippen molar-refractivity contribution in [2.45, 2.75) is 6.42 Å². The first-order valence-electron chi connectivity index (χ1n) is 9.68. The lowest BCUT2D eigenvalue weighted by atomic mass is 9.98. The van der Waals surface area contributed by atoms with Gasteiger partial charge in [0.1, 0.15) is 29.3 Å². The molecular formula is C22H15F3N6O. The maximum Gasteiger partial charge on any atom is 0.263 e. The molecule has 0 aliphatic rings. The molecule has 1 aromatic carbocycles. The first-order chi connectivity index (χ1) is 15.5. The van der Waals surface area contributed by atoms with E-state index in [0.29, 0.717) is 41.0 Å². The summed E-state index contributed by atoms with van der Waals surface area (Å²) in [7, 11) is 0. The Morgan fingerprint density at radius 2 is 1.78 bits per heavy atom. The average Bonchev–Trinajstić information content (AvgIpc) is 3.23. The number of pyridine rings is 2. The molecule has 0 bridgehead atoms. The zero-order valence-electron chi connectivity index (χ0n) is 16.4. The van der Waals surface area contributed by atoms with Gasteiger partial charge in [-0.3, -0.25) is 9.20 Å². The first-order valence-corrected chi connectivity index (χ1v) is 9.68. The number of anilines is 1. The Balaban J connectivity index is 1.57. The topological polar surface area (TPSA) is 88.0 Å². The Morgan fingerprint density at radius 3 is 2.59 bits per heavy atom. The minimum absolute atomic E-state index is 0.0814. The number of fused-ring (bicyclic) bond motifs is 2. The summed E-state index contributed by atoms with van der Waals surface area (Å²) in [6.45, 7) is 0.348. The molecule has 5 aromatic rings. The molecule has 0 aliphatic heterocycles. The molecule has 4 heterocycles. The van der Waals surface area contributed by atoms with Crippen molar-refractivity contribution >= 4 is 22.5 Å². The third-order valence-electron chi connectivity index (χ3n) is 5.08. The summed E-state index contributed by atoms with van der Waals surface area (Å²) in [5.74, 6) is -1.71. The highest BCUT2D eigenvalue weighted by Gasteiger charge is 2.16. The summed E-state index contributed by atoms with van der Waals surface area (Å²) < 4.78 is 42.7. The molecule has 32 heavy (non-hydrogen) atoms. The SMILES string of the molecule is O=c1c(-c2cc(F)cc(F)c2)c(CCNc2ncnc3[nH]cnc23)cc2ccc(F)cn12. The number of halogens is 3. The molecule has 0 atom stereocenters. The van der Waals surface area contributed by atoms with Crippen LogP contribution in [0, 0.1) is 17.5 Å². The number of rotatable bonds is 5. The average molecular weight is 436 g/mol. The van der Waals surface area contributed by atoms with Gasteiger partial charge in [-0.25, -0.2) is 28.1 Å². The van der Waals surface area contributed by atoms with Gasteiger partial charge in [0, 0.05) is 24.3 Å². The third kappa shape index (κ3) is 3.55. The van der Waals surface area contributed by atoms with E-state index in [9.17, 15) is 18.0 Å². The fraction of sp³-hybridized carbons (Fsp3) is 0.0909. The van der Waals surface area contributed by atoms with Crippen LogP contribution in [0.15, 0.2) is 60.0 Å². The Bertz CT molecular complexity index is 1510. The molecule has 0 amide bonds. The number of nitrogens with zero attached hydrogens (tertiary/aromatic N) is 4. The number of aromatic nitrogens is 5. The second-order valence-corrected chi connectivity index (χ2v) is 7.15. The van der Waals surface area contributed by atoms with Crippen molar-refractivity contribution in [3.8, 4) is 11.1 Å². The minimum Gasteiger partial charge on any atom is -0.368 e. The van der Waals surface area contributed by atoms with Crippen molar-refractivity contribution < 1.29 is 13.2 Å². The number of nitrogens with one attached hydrogen (secondary N) is 2. The third-order valence-corrected chi connectivity index (χ3v) is 5.08. The van der Waals surface area contributed by atoms with Crippen molar-refractivity contribution in [3.05, 3.63) is 88.6 Å². The molecule has 5 rings (SSSR count). The fourth-order valence-corrected chi connectivity index (χ4v) is 3.70. The number of hydrogen-bond donors (Lipinski definition) is 2. The molecule has 0 aliphatic carbocycles. The van der Waals surface area contributed by atoms with E-state index in [0.717, 1.165) is 28.8 Å². The summed E-state index contributed by atoms with van der Waals surface area (Å²) in [5, 5.41) is 3.15. The quantitative estimate of drug-likeness (QED) is 0.439. The Hall–Kier alpha value is -4.21.